The summed E-state index contributed by atoms with van der Waals surface area (Å²) in [4.78, 5) is 28.6. The summed E-state index contributed by atoms with van der Waals surface area (Å²) >= 11 is 0. The molecular formula is C11H13N4O8P-2. The van der Waals surface area contributed by atoms with Crippen molar-refractivity contribution in [3.8, 4) is 5.88 Å². The smallest absolute Gasteiger partial charge is 0.306 e. The van der Waals surface area contributed by atoms with Crippen LogP contribution in [0.25, 0.3) is 11.2 Å². The number of aliphatic hydroxyl groups is 2. The summed E-state index contributed by atoms with van der Waals surface area (Å²) in [5, 5.41) is 31.9. The highest BCUT2D eigenvalue weighted by molar-refractivity contribution is 7.43. The zero-order chi connectivity index (χ0) is 17.6. The van der Waals surface area contributed by atoms with E-state index < -0.39 is 44.8 Å². The van der Waals surface area contributed by atoms with Crippen molar-refractivity contribution in [2.75, 3.05) is 6.61 Å². The fourth-order valence-corrected chi connectivity index (χ4v) is 2.93. The largest absolute Gasteiger partial charge is 0.856 e. The number of rotatable bonds is 4. The maximum absolute atomic E-state index is 11.8. The van der Waals surface area contributed by atoms with Gasteiger partial charge in [-0.3, -0.25) is 4.57 Å². The van der Waals surface area contributed by atoms with Crippen molar-refractivity contribution in [1.29, 1.82) is 0 Å². The van der Waals surface area contributed by atoms with Crippen molar-refractivity contribution >= 4 is 19.0 Å². The van der Waals surface area contributed by atoms with Crippen molar-refractivity contribution in [2.45, 2.75) is 24.5 Å². The summed E-state index contributed by atoms with van der Waals surface area (Å²) in [6.45, 7) is -0.744. The van der Waals surface area contributed by atoms with Gasteiger partial charge in [0.15, 0.2) is 18.2 Å². The molecule has 1 aliphatic rings. The third-order valence-corrected chi connectivity index (χ3v) is 4.14. The highest BCUT2D eigenvalue weighted by Crippen LogP contribution is 2.31. The fourth-order valence-electron chi connectivity index (χ4n) is 2.60. The van der Waals surface area contributed by atoms with Gasteiger partial charge in [0.25, 0.3) is 0 Å². The summed E-state index contributed by atoms with van der Waals surface area (Å²) < 4.78 is 22.7. The van der Waals surface area contributed by atoms with Crippen LogP contribution in [0.2, 0.25) is 0 Å². The Morgan fingerprint density at radius 1 is 1.42 bits per heavy atom. The first-order valence-electron chi connectivity index (χ1n) is 6.75. The van der Waals surface area contributed by atoms with E-state index in [2.05, 4.69) is 14.5 Å². The SMILES string of the molecule is Cn1c[n+](C2OC(COP(=O)([O-])[O-])C(O)C2O)c2ncnc([O-])c21. The van der Waals surface area contributed by atoms with E-state index in [9.17, 15) is 29.7 Å². The number of hydrogen-bond donors (Lipinski definition) is 2. The zero-order valence-electron chi connectivity index (χ0n) is 12.3. The van der Waals surface area contributed by atoms with E-state index in [-0.39, 0.29) is 11.2 Å². The molecule has 0 aromatic carbocycles. The summed E-state index contributed by atoms with van der Waals surface area (Å²) in [5.74, 6) is -0.534. The number of imidazole rings is 1. The minimum atomic E-state index is -5.24. The number of phosphoric ester groups is 1. The molecule has 0 spiro atoms. The molecule has 3 rings (SSSR count). The van der Waals surface area contributed by atoms with Crippen LogP contribution in [0.1, 0.15) is 6.23 Å². The fraction of sp³-hybridized carbons (Fsp3) is 0.545. The Kier molecular flexibility index (Phi) is 4.30. The van der Waals surface area contributed by atoms with Crippen LogP contribution in [-0.4, -0.2) is 49.7 Å². The first kappa shape index (κ1) is 17.2. The van der Waals surface area contributed by atoms with Gasteiger partial charge < -0.3 is 38.9 Å². The molecule has 0 aliphatic carbocycles. The minimum absolute atomic E-state index is 0.158. The first-order valence-corrected chi connectivity index (χ1v) is 8.21. The molecule has 0 bridgehead atoms. The number of ether oxygens (including phenoxy) is 1. The molecule has 0 radical (unpaired) electrons. The van der Waals surface area contributed by atoms with Crippen LogP contribution in [-0.2, 0) is 20.9 Å². The Morgan fingerprint density at radius 3 is 2.79 bits per heavy atom. The summed E-state index contributed by atoms with van der Waals surface area (Å²) in [7, 11) is -3.68. The van der Waals surface area contributed by atoms with Crippen molar-refractivity contribution in [3.63, 3.8) is 0 Å². The Morgan fingerprint density at radius 2 is 2.12 bits per heavy atom. The second-order valence-corrected chi connectivity index (χ2v) is 6.43. The second kappa shape index (κ2) is 6.01. The van der Waals surface area contributed by atoms with Crippen LogP contribution in [0.5, 0.6) is 5.88 Å². The number of aliphatic hydroxyl groups excluding tert-OH is 2. The number of hydrogen-bond acceptors (Lipinski definition) is 10. The Hall–Kier alpha value is -1.66. The van der Waals surface area contributed by atoms with Gasteiger partial charge in [0.1, 0.15) is 18.3 Å². The van der Waals surface area contributed by atoms with E-state index in [0.717, 1.165) is 6.33 Å². The van der Waals surface area contributed by atoms with Crippen LogP contribution in [0, 0.1) is 0 Å². The lowest BCUT2D eigenvalue weighted by Crippen LogP contribution is -2.45. The molecule has 2 aromatic heterocycles. The van der Waals surface area contributed by atoms with Gasteiger partial charge in [-0.05, 0) is 0 Å². The topological polar surface area (TPSA) is 180 Å². The molecule has 0 saturated carbocycles. The van der Waals surface area contributed by atoms with E-state index in [1.165, 1.54) is 15.5 Å². The van der Waals surface area contributed by atoms with Gasteiger partial charge in [-0.25, -0.2) is 9.55 Å². The average molecular weight is 360 g/mol. The number of aryl methyl sites for hydroxylation is 1. The lowest BCUT2D eigenvalue weighted by atomic mass is 10.1. The maximum atomic E-state index is 11.8. The highest BCUT2D eigenvalue weighted by Gasteiger charge is 2.46. The van der Waals surface area contributed by atoms with Crippen molar-refractivity contribution in [1.82, 2.24) is 14.5 Å². The van der Waals surface area contributed by atoms with Gasteiger partial charge in [0.05, 0.1) is 21.5 Å². The average Bonchev–Trinajstić information content (AvgIpc) is 2.96. The predicted octanol–water partition coefficient (Wildman–Crippen LogP) is -4.21. The van der Waals surface area contributed by atoms with E-state index >= 15 is 0 Å². The lowest BCUT2D eigenvalue weighted by Gasteiger charge is -2.30. The molecule has 1 fully saturated rings. The van der Waals surface area contributed by atoms with E-state index in [1.807, 2.05) is 0 Å². The van der Waals surface area contributed by atoms with Crippen LogP contribution in [0.4, 0.5) is 0 Å². The Labute approximate surface area is 134 Å². The van der Waals surface area contributed by atoms with Gasteiger partial charge >= 0.3 is 5.65 Å². The van der Waals surface area contributed by atoms with Gasteiger partial charge in [0.2, 0.25) is 6.23 Å². The molecule has 1 saturated heterocycles. The Balaban J connectivity index is 1.90. The predicted molar refractivity (Wildman–Crippen MR) is 67.6 cm³/mol. The van der Waals surface area contributed by atoms with E-state index in [4.69, 9.17) is 4.74 Å². The summed E-state index contributed by atoms with van der Waals surface area (Å²) in [6.07, 6.45) is -2.92. The van der Waals surface area contributed by atoms with Crippen molar-refractivity contribution in [3.05, 3.63) is 12.7 Å². The quantitative estimate of drug-likeness (QED) is 0.401. The van der Waals surface area contributed by atoms with E-state index in [1.54, 1.807) is 7.05 Å². The minimum Gasteiger partial charge on any atom is -0.856 e. The number of phosphoric acid groups is 1. The molecule has 0 amide bonds. The molecule has 2 N–H and O–H groups in total. The van der Waals surface area contributed by atoms with Gasteiger partial charge in [0, 0.05) is 5.88 Å². The molecule has 1 aliphatic heterocycles. The molecule has 132 valence electrons. The second-order valence-electron chi connectivity index (χ2n) is 5.27. The number of aromatic nitrogens is 4. The number of nitrogens with zero attached hydrogens (tertiary/aromatic N) is 4. The number of fused-ring (bicyclic) bond motifs is 1. The maximum Gasteiger partial charge on any atom is 0.306 e. The highest BCUT2D eigenvalue weighted by atomic mass is 31.2. The van der Waals surface area contributed by atoms with Crippen molar-refractivity contribution in [2.24, 2.45) is 7.05 Å². The Bertz CT molecular complexity index is 807. The standard InChI is InChI=1S/C11H15N4O8P/c1-14-4-15(9-6(14)10(18)13-3-12-9)11-8(17)7(16)5(23-11)2-22-24(19,20)21/h3-5,7-8,11,16-17H,2H2,1H3,(H2-,12,13,18,19,20,21)/p-2. The first-order chi connectivity index (χ1) is 11.2. The molecular weight excluding hydrogens is 347 g/mol. The molecule has 13 heteroatoms. The van der Waals surface area contributed by atoms with Gasteiger partial charge in [-0.1, -0.05) is 4.98 Å². The molecule has 4 atom stereocenters. The molecule has 3 heterocycles. The van der Waals surface area contributed by atoms with Crippen LogP contribution >= 0.6 is 7.82 Å². The zero-order valence-corrected chi connectivity index (χ0v) is 13.1. The van der Waals surface area contributed by atoms with Gasteiger partial charge in [-0.2, -0.15) is 0 Å². The van der Waals surface area contributed by atoms with Crippen molar-refractivity contribution < 1.29 is 43.5 Å². The van der Waals surface area contributed by atoms with Crippen LogP contribution in [0.3, 0.4) is 0 Å². The summed E-state index contributed by atoms with van der Waals surface area (Å²) in [6, 6.07) is 0. The third-order valence-electron chi connectivity index (χ3n) is 3.67. The molecule has 24 heavy (non-hydrogen) atoms. The van der Waals surface area contributed by atoms with E-state index in [0.29, 0.717) is 0 Å². The van der Waals surface area contributed by atoms with Crippen LogP contribution < -0.4 is 19.5 Å². The monoisotopic (exact) mass is 360 g/mol. The molecule has 12 nitrogen and oxygen atoms in total. The van der Waals surface area contributed by atoms with Crippen LogP contribution in [0.15, 0.2) is 12.7 Å². The molecule has 4 unspecified atom stereocenters. The summed E-state index contributed by atoms with van der Waals surface area (Å²) in [5.41, 5.74) is 0.319. The van der Waals surface area contributed by atoms with Gasteiger partial charge in [-0.15, -0.1) is 0 Å². The normalized spacial score (nSPS) is 27.9. The third kappa shape index (κ3) is 3.00. The molecule has 2 aromatic rings. The lowest BCUT2D eigenvalue weighted by molar-refractivity contribution is -0.745.